The normalized spacial score (nSPS) is 20.8. The molecule has 1 aliphatic heterocycles. The predicted molar refractivity (Wildman–Crippen MR) is 87.8 cm³/mol. The van der Waals surface area contributed by atoms with Gasteiger partial charge < -0.3 is 10.0 Å². The van der Waals surface area contributed by atoms with Crippen molar-refractivity contribution in [2.75, 3.05) is 19.6 Å². The summed E-state index contributed by atoms with van der Waals surface area (Å²) in [4.78, 5) is 2.50. The van der Waals surface area contributed by atoms with Gasteiger partial charge in [0.1, 0.15) is 0 Å². The lowest BCUT2D eigenvalue weighted by Gasteiger charge is -2.39. The molecule has 0 aromatic heterocycles. The third-order valence-corrected chi connectivity index (χ3v) is 5.36. The zero-order valence-corrected chi connectivity index (χ0v) is 14.2. The SMILES string of the molecule is CCC1(C)CCN(CCC(O)c2cccc(Br)c2)CC1. The molecule has 1 N–H and O–H groups in total. The van der Waals surface area contributed by atoms with Gasteiger partial charge in [-0.2, -0.15) is 0 Å². The fraction of sp³-hybridized carbons (Fsp3) is 0.647. The molecule has 2 nitrogen and oxygen atoms in total. The molecule has 0 aliphatic carbocycles. The Labute approximate surface area is 131 Å². The van der Waals surface area contributed by atoms with Crippen LogP contribution in [0.5, 0.6) is 0 Å². The average molecular weight is 340 g/mol. The molecular weight excluding hydrogens is 314 g/mol. The number of nitrogens with zero attached hydrogens (tertiary/aromatic N) is 1. The molecule has 20 heavy (non-hydrogen) atoms. The number of benzene rings is 1. The van der Waals surface area contributed by atoms with E-state index in [1.165, 1.54) is 32.4 Å². The lowest BCUT2D eigenvalue weighted by Crippen LogP contribution is -2.39. The minimum atomic E-state index is -0.355. The highest BCUT2D eigenvalue weighted by Gasteiger charge is 2.28. The second kappa shape index (κ2) is 7.06. The largest absolute Gasteiger partial charge is 0.388 e. The first-order valence-corrected chi connectivity index (χ1v) is 8.47. The molecule has 0 bridgehead atoms. The first-order valence-electron chi connectivity index (χ1n) is 7.68. The summed E-state index contributed by atoms with van der Waals surface area (Å²) in [6, 6.07) is 7.98. The molecule has 1 aromatic carbocycles. The molecule has 0 radical (unpaired) electrons. The van der Waals surface area contributed by atoms with E-state index in [1.54, 1.807) is 0 Å². The minimum absolute atomic E-state index is 0.355. The van der Waals surface area contributed by atoms with E-state index in [9.17, 15) is 5.11 Å². The monoisotopic (exact) mass is 339 g/mol. The van der Waals surface area contributed by atoms with E-state index >= 15 is 0 Å². The van der Waals surface area contributed by atoms with Gasteiger partial charge >= 0.3 is 0 Å². The van der Waals surface area contributed by atoms with Crippen LogP contribution in [0.2, 0.25) is 0 Å². The van der Waals surface area contributed by atoms with Crippen LogP contribution in [0, 0.1) is 5.41 Å². The van der Waals surface area contributed by atoms with E-state index < -0.39 is 0 Å². The Morgan fingerprint density at radius 1 is 1.35 bits per heavy atom. The fourth-order valence-corrected chi connectivity index (χ4v) is 3.27. The molecule has 1 atom stereocenters. The second-order valence-electron chi connectivity index (χ2n) is 6.37. The van der Waals surface area contributed by atoms with E-state index in [0.717, 1.165) is 23.0 Å². The first kappa shape index (κ1) is 16.0. The molecule has 0 saturated carbocycles. The number of hydrogen-bond donors (Lipinski definition) is 1. The van der Waals surface area contributed by atoms with Gasteiger partial charge in [-0.3, -0.25) is 0 Å². The Kier molecular flexibility index (Phi) is 5.65. The maximum atomic E-state index is 10.3. The van der Waals surface area contributed by atoms with Crippen LogP contribution in [0.1, 0.15) is 51.2 Å². The van der Waals surface area contributed by atoms with Gasteiger partial charge in [0, 0.05) is 11.0 Å². The molecule has 112 valence electrons. The lowest BCUT2D eigenvalue weighted by molar-refractivity contribution is 0.0910. The summed E-state index contributed by atoms with van der Waals surface area (Å²) in [5, 5.41) is 10.3. The molecule has 3 heteroatoms. The van der Waals surface area contributed by atoms with Crippen LogP contribution in [0.4, 0.5) is 0 Å². The van der Waals surface area contributed by atoms with Gasteiger partial charge in [-0.15, -0.1) is 0 Å². The summed E-state index contributed by atoms with van der Waals surface area (Å²) in [6.45, 7) is 8.05. The number of piperidine rings is 1. The van der Waals surface area contributed by atoms with E-state index in [2.05, 4.69) is 34.7 Å². The number of aliphatic hydroxyl groups excluding tert-OH is 1. The van der Waals surface area contributed by atoms with Crippen molar-refractivity contribution < 1.29 is 5.11 Å². The standard InChI is InChI=1S/C17H26BrNO/c1-3-17(2)8-11-19(12-9-17)10-7-16(20)14-5-4-6-15(18)13-14/h4-6,13,16,20H,3,7-12H2,1-2H3. The van der Waals surface area contributed by atoms with Gasteiger partial charge in [0.05, 0.1) is 6.10 Å². The van der Waals surface area contributed by atoms with Crippen LogP contribution < -0.4 is 0 Å². The van der Waals surface area contributed by atoms with Crippen molar-refractivity contribution in [2.24, 2.45) is 5.41 Å². The first-order chi connectivity index (χ1) is 9.52. The summed E-state index contributed by atoms with van der Waals surface area (Å²) >= 11 is 3.46. The van der Waals surface area contributed by atoms with Gasteiger partial charge in [0.15, 0.2) is 0 Å². The summed E-state index contributed by atoms with van der Waals surface area (Å²) < 4.78 is 1.03. The van der Waals surface area contributed by atoms with Gasteiger partial charge in [-0.1, -0.05) is 48.3 Å². The maximum absolute atomic E-state index is 10.3. The number of halogens is 1. The highest BCUT2D eigenvalue weighted by atomic mass is 79.9. The van der Waals surface area contributed by atoms with Crippen molar-refractivity contribution in [3.05, 3.63) is 34.3 Å². The molecule has 1 aromatic rings. The Hall–Kier alpha value is -0.380. The van der Waals surface area contributed by atoms with Crippen LogP contribution >= 0.6 is 15.9 Å². The predicted octanol–water partition coefficient (Wildman–Crippen LogP) is 4.38. The van der Waals surface area contributed by atoms with Crippen molar-refractivity contribution in [1.82, 2.24) is 4.90 Å². The number of rotatable bonds is 5. The van der Waals surface area contributed by atoms with E-state index in [-0.39, 0.29) is 6.10 Å². The molecular formula is C17H26BrNO. The number of hydrogen-bond acceptors (Lipinski definition) is 2. The van der Waals surface area contributed by atoms with Crippen LogP contribution in [0.3, 0.4) is 0 Å². The molecule has 0 amide bonds. The third-order valence-electron chi connectivity index (χ3n) is 4.87. The van der Waals surface area contributed by atoms with Crippen molar-refractivity contribution >= 4 is 15.9 Å². The van der Waals surface area contributed by atoms with E-state index in [1.807, 2.05) is 24.3 Å². The van der Waals surface area contributed by atoms with E-state index in [4.69, 9.17) is 0 Å². The van der Waals surface area contributed by atoms with Gasteiger partial charge in [0.25, 0.3) is 0 Å². The summed E-state index contributed by atoms with van der Waals surface area (Å²) in [5.41, 5.74) is 1.55. The smallest absolute Gasteiger partial charge is 0.0802 e. The van der Waals surface area contributed by atoms with Crippen molar-refractivity contribution in [1.29, 1.82) is 0 Å². The van der Waals surface area contributed by atoms with Crippen LogP contribution in [0.15, 0.2) is 28.7 Å². The maximum Gasteiger partial charge on any atom is 0.0802 e. The number of likely N-dealkylation sites (tertiary alicyclic amines) is 1. The summed E-state index contributed by atoms with van der Waals surface area (Å²) in [5.74, 6) is 0. The second-order valence-corrected chi connectivity index (χ2v) is 7.28. The average Bonchev–Trinajstić information content (AvgIpc) is 2.46. The highest BCUT2D eigenvalue weighted by Crippen LogP contribution is 2.34. The summed E-state index contributed by atoms with van der Waals surface area (Å²) in [7, 11) is 0. The van der Waals surface area contributed by atoms with Gasteiger partial charge in [0.2, 0.25) is 0 Å². The Morgan fingerprint density at radius 2 is 2.05 bits per heavy atom. The molecule has 1 fully saturated rings. The van der Waals surface area contributed by atoms with Gasteiger partial charge in [-0.25, -0.2) is 0 Å². The quantitative estimate of drug-likeness (QED) is 0.860. The van der Waals surface area contributed by atoms with Crippen LogP contribution in [-0.2, 0) is 0 Å². The minimum Gasteiger partial charge on any atom is -0.388 e. The van der Waals surface area contributed by atoms with Crippen molar-refractivity contribution in [3.63, 3.8) is 0 Å². The Balaban J connectivity index is 1.79. The summed E-state index contributed by atoms with van der Waals surface area (Å²) in [6.07, 6.45) is 4.32. The van der Waals surface area contributed by atoms with Crippen molar-refractivity contribution in [2.45, 2.75) is 45.6 Å². The molecule has 1 saturated heterocycles. The topological polar surface area (TPSA) is 23.5 Å². The van der Waals surface area contributed by atoms with E-state index in [0.29, 0.717) is 5.41 Å². The molecule has 2 rings (SSSR count). The Bertz CT molecular complexity index is 427. The molecule has 1 unspecified atom stereocenters. The Morgan fingerprint density at radius 3 is 2.65 bits per heavy atom. The molecule has 1 heterocycles. The van der Waals surface area contributed by atoms with Crippen LogP contribution in [0.25, 0.3) is 0 Å². The van der Waals surface area contributed by atoms with Crippen LogP contribution in [-0.4, -0.2) is 29.6 Å². The lowest BCUT2D eigenvalue weighted by atomic mass is 9.78. The number of aliphatic hydroxyl groups is 1. The molecule has 1 aliphatic rings. The fourth-order valence-electron chi connectivity index (χ4n) is 2.86. The third kappa shape index (κ3) is 4.31. The van der Waals surface area contributed by atoms with Crippen molar-refractivity contribution in [3.8, 4) is 0 Å². The zero-order chi connectivity index (χ0) is 14.6. The van der Waals surface area contributed by atoms with Gasteiger partial charge in [-0.05, 0) is 55.5 Å². The highest BCUT2D eigenvalue weighted by molar-refractivity contribution is 9.10. The molecule has 0 spiro atoms. The zero-order valence-electron chi connectivity index (χ0n) is 12.6.